The Labute approximate surface area is 154 Å². The zero-order chi connectivity index (χ0) is 18.8. The van der Waals surface area contributed by atoms with Gasteiger partial charge >= 0.3 is 5.97 Å². The number of nitrogens with one attached hydrogen (secondary N) is 1. The van der Waals surface area contributed by atoms with Crippen LogP contribution < -0.4 is 5.32 Å². The molecule has 3 rings (SSSR count). The lowest BCUT2D eigenvalue weighted by Gasteiger charge is -2.02. The number of methoxy groups -OCH3 is 1. The molecule has 0 radical (unpaired) electrons. The molecule has 26 heavy (non-hydrogen) atoms. The van der Waals surface area contributed by atoms with Crippen LogP contribution in [-0.4, -0.2) is 24.0 Å². The monoisotopic (exact) mass is 370 g/mol. The molecule has 0 fully saturated rings. The first-order chi connectivity index (χ1) is 12.4. The third-order valence-electron chi connectivity index (χ3n) is 4.01. The first-order valence-corrected chi connectivity index (χ1v) is 8.75. The highest BCUT2D eigenvalue weighted by molar-refractivity contribution is 7.17. The number of ether oxygens (including phenoxy) is 1. The fourth-order valence-corrected chi connectivity index (χ4v) is 3.28. The number of aromatic nitrogens is 1. The van der Waals surface area contributed by atoms with E-state index in [1.807, 2.05) is 32.0 Å². The SMILES string of the molecule is COC(=O)c1sc(NC(=O)c2ccc(-c3ccc(C)c(C)c3)o2)nc1C. The van der Waals surface area contributed by atoms with Gasteiger partial charge in [-0.15, -0.1) is 0 Å². The molecule has 0 atom stereocenters. The standard InChI is InChI=1S/C19H18N2O4S/c1-10-5-6-13(9-11(10)2)14-7-8-15(25-14)17(22)21-19-20-12(3)16(26-19)18(23)24-4/h5-9H,1-4H3,(H,20,21,22). The van der Waals surface area contributed by atoms with E-state index in [1.165, 1.54) is 12.7 Å². The van der Waals surface area contributed by atoms with Crippen molar-refractivity contribution in [2.24, 2.45) is 0 Å². The number of rotatable bonds is 4. The maximum Gasteiger partial charge on any atom is 0.350 e. The molecular formula is C19H18N2O4S. The van der Waals surface area contributed by atoms with Gasteiger partial charge in [-0.05, 0) is 50.1 Å². The zero-order valence-corrected chi connectivity index (χ0v) is 15.7. The molecule has 0 saturated carbocycles. The van der Waals surface area contributed by atoms with E-state index in [2.05, 4.69) is 10.3 Å². The van der Waals surface area contributed by atoms with Crippen molar-refractivity contribution in [3.05, 3.63) is 57.8 Å². The predicted molar refractivity (Wildman–Crippen MR) is 99.8 cm³/mol. The van der Waals surface area contributed by atoms with E-state index in [9.17, 15) is 9.59 Å². The molecular weight excluding hydrogens is 352 g/mol. The van der Waals surface area contributed by atoms with Crippen LogP contribution in [0, 0.1) is 20.8 Å². The van der Waals surface area contributed by atoms with E-state index in [1.54, 1.807) is 19.1 Å². The van der Waals surface area contributed by atoms with Gasteiger partial charge in [-0.1, -0.05) is 23.5 Å². The quantitative estimate of drug-likeness (QED) is 0.690. The number of carbonyl (C=O) groups is 2. The lowest BCUT2D eigenvalue weighted by Crippen LogP contribution is -2.10. The summed E-state index contributed by atoms with van der Waals surface area (Å²) in [6, 6.07) is 9.35. The van der Waals surface area contributed by atoms with Crippen LogP contribution in [0.1, 0.15) is 37.0 Å². The van der Waals surface area contributed by atoms with E-state index < -0.39 is 11.9 Å². The minimum Gasteiger partial charge on any atom is -0.465 e. The van der Waals surface area contributed by atoms with Gasteiger partial charge in [0.05, 0.1) is 12.8 Å². The fourth-order valence-electron chi connectivity index (χ4n) is 2.40. The van der Waals surface area contributed by atoms with E-state index in [0.717, 1.165) is 22.5 Å². The number of thiazole rings is 1. The number of furan rings is 1. The molecule has 0 unspecified atom stereocenters. The van der Waals surface area contributed by atoms with Gasteiger partial charge in [-0.2, -0.15) is 0 Å². The molecule has 1 aromatic carbocycles. The van der Waals surface area contributed by atoms with Gasteiger partial charge in [-0.25, -0.2) is 9.78 Å². The van der Waals surface area contributed by atoms with Gasteiger partial charge in [0.25, 0.3) is 5.91 Å². The predicted octanol–water partition coefficient (Wildman–Crippen LogP) is 4.37. The number of hydrogen-bond donors (Lipinski definition) is 1. The van der Waals surface area contributed by atoms with Crippen LogP contribution >= 0.6 is 11.3 Å². The number of hydrogen-bond acceptors (Lipinski definition) is 6. The summed E-state index contributed by atoms with van der Waals surface area (Å²) in [6.07, 6.45) is 0. The Morgan fingerprint density at radius 1 is 1.12 bits per heavy atom. The number of aryl methyl sites for hydroxylation is 3. The normalized spacial score (nSPS) is 10.6. The van der Waals surface area contributed by atoms with Crippen molar-refractivity contribution in [1.82, 2.24) is 4.98 Å². The highest BCUT2D eigenvalue weighted by atomic mass is 32.1. The third-order valence-corrected chi connectivity index (χ3v) is 5.06. The van der Waals surface area contributed by atoms with Crippen molar-refractivity contribution < 1.29 is 18.7 Å². The maximum atomic E-state index is 12.4. The van der Waals surface area contributed by atoms with Crippen molar-refractivity contribution in [3.8, 4) is 11.3 Å². The van der Waals surface area contributed by atoms with Crippen LogP contribution in [0.15, 0.2) is 34.7 Å². The molecule has 2 heterocycles. The van der Waals surface area contributed by atoms with Gasteiger partial charge in [0.2, 0.25) is 0 Å². The number of nitrogens with zero attached hydrogens (tertiary/aromatic N) is 1. The Balaban J connectivity index is 1.78. The van der Waals surface area contributed by atoms with Crippen LogP contribution in [-0.2, 0) is 4.74 Å². The summed E-state index contributed by atoms with van der Waals surface area (Å²) in [7, 11) is 1.30. The Kier molecular flexibility index (Phi) is 4.90. The zero-order valence-electron chi connectivity index (χ0n) is 14.9. The Morgan fingerprint density at radius 3 is 2.58 bits per heavy atom. The molecule has 0 saturated heterocycles. The topological polar surface area (TPSA) is 81.4 Å². The average molecular weight is 370 g/mol. The molecule has 0 aliphatic rings. The van der Waals surface area contributed by atoms with Crippen molar-refractivity contribution in [1.29, 1.82) is 0 Å². The highest BCUT2D eigenvalue weighted by Crippen LogP contribution is 2.26. The Hall–Kier alpha value is -2.93. The molecule has 3 aromatic rings. The number of carbonyl (C=O) groups excluding carboxylic acids is 2. The smallest absolute Gasteiger partial charge is 0.350 e. The maximum absolute atomic E-state index is 12.4. The molecule has 0 spiro atoms. The van der Waals surface area contributed by atoms with E-state index in [4.69, 9.17) is 9.15 Å². The summed E-state index contributed by atoms with van der Waals surface area (Å²) in [5.41, 5.74) is 3.76. The largest absolute Gasteiger partial charge is 0.465 e. The van der Waals surface area contributed by atoms with E-state index >= 15 is 0 Å². The fraction of sp³-hybridized carbons (Fsp3) is 0.211. The summed E-state index contributed by atoms with van der Waals surface area (Å²) in [5.74, 6) is -0.115. The van der Waals surface area contributed by atoms with E-state index in [0.29, 0.717) is 21.5 Å². The minimum absolute atomic E-state index is 0.172. The van der Waals surface area contributed by atoms with Crippen LogP contribution in [0.25, 0.3) is 11.3 Å². The molecule has 2 aromatic heterocycles. The van der Waals surface area contributed by atoms with Crippen molar-refractivity contribution in [3.63, 3.8) is 0 Å². The van der Waals surface area contributed by atoms with Crippen molar-refractivity contribution in [2.75, 3.05) is 12.4 Å². The van der Waals surface area contributed by atoms with Gasteiger partial charge in [-0.3, -0.25) is 10.1 Å². The number of benzene rings is 1. The number of esters is 1. The summed E-state index contributed by atoms with van der Waals surface area (Å²) < 4.78 is 10.4. The molecule has 0 bridgehead atoms. The van der Waals surface area contributed by atoms with Crippen LogP contribution in [0.3, 0.4) is 0 Å². The summed E-state index contributed by atoms with van der Waals surface area (Å²) in [6.45, 7) is 5.75. The molecule has 7 heteroatoms. The third kappa shape index (κ3) is 3.52. The van der Waals surface area contributed by atoms with Crippen molar-refractivity contribution >= 4 is 28.3 Å². The van der Waals surface area contributed by atoms with Gasteiger partial charge in [0, 0.05) is 5.56 Å². The lowest BCUT2D eigenvalue weighted by atomic mass is 10.1. The van der Waals surface area contributed by atoms with Crippen LogP contribution in [0.4, 0.5) is 5.13 Å². The molecule has 134 valence electrons. The first kappa shape index (κ1) is 17.9. The van der Waals surface area contributed by atoms with Crippen molar-refractivity contribution in [2.45, 2.75) is 20.8 Å². The number of amides is 1. The Bertz CT molecular complexity index is 987. The molecule has 6 nitrogen and oxygen atoms in total. The molecule has 0 aliphatic heterocycles. The van der Waals surface area contributed by atoms with Gasteiger partial charge < -0.3 is 9.15 Å². The second kappa shape index (κ2) is 7.13. The molecule has 1 N–H and O–H groups in total. The number of anilines is 1. The molecule has 1 amide bonds. The van der Waals surface area contributed by atoms with Gasteiger partial charge in [0.1, 0.15) is 10.6 Å². The van der Waals surface area contributed by atoms with Gasteiger partial charge in [0.15, 0.2) is 10.9 Å². The van der Waals surface area contributed by atoms with Crippen LogP contribution in [0.5, 0.6) is 0 Å². The van der Waals surface area contributed by atoms with Crippen LogP contribution in [0.2, 0.25) is 0 Å². The minimum atomic E-state index is -0.476. The summed E-state index contributed by atoms with van der Waals surface area (Å²) >= 11 is 1.06. The summed E-state index contributed by atoms with van der Waals surface area (Å²) in [4.78, 5) is 28.6. The lowest BCUT2D eigenvalue weighted by molar-refractivity contribution is 0.0605. The first-order valence-electron chi connectivity index (χ1n) is 7.93. The summed E-state index contributed by atoms with van der Waals surface area (Å²) in [5, 5.41) is 2.97. The molecule has 0 aliphatic carbocycles. The Morgan fingerprint density at radius 2 is 1.88 bits per heavy atom. The second-order valence-electron chi connectivity index (χ2n) is 5.84. The average Bonchev–Trinajstić information content (AvgIpc) is 3.24. The second-order valence-corrected chi connectivity index (χ2v) is 6.84. The van der Waals surface area contributed by atoms with E-state index in [-0.39, 0.29) is 5.76 Å². The highest BCUT2D eigenvalue weighted by Gasteiger charge is 2.19.